The third-order valence-corrected chi connectivity index (χ3v) is 9.46. The second kappa shape index (κ2) is 12.4. The van der Waals surface area contributed by atoms with Crippen molar-refractivity contribution in [2.24, 2.45) is 0 Å². The first kappa shape index (κ1) is 29.8. The first-order valence-electron chi connectivity index (χ1n) is 13.5. The predicted octanol–water partition coefficient (Wildman–Crippen LogP) is 6.54. The third-order valence-electron chi connectivity index (χ3n) is 7.35. The first-order valence-corrected chi connectivity index (χ1v) is 15.3. The van der Waals surface area contributed by atoms with E-state index in [4.69, 9.17) is 9.47 Å². The molecule has 0 unspecified atom stereocenters. The molecule has 1 aliphatic rings. The molecule has 11 nitrogen and oxygen atoms in total. The highest BCUT2D eigenvalue weighted by Crippen LogP contribution is 2.45. The van der Waals surface area contributed by atoms with E-state index in [0.717, 1.165) is 27.7 Å². The Balaban J connectivity index is 1.39. The molecule has 2 heterocycles. The number of ketones is 1. The molecule has 1 aromatic heterocycles. The number of nitro groups is 1. The maximum absolute atomic E-state index is 13.6. The van der Waals surface area contributed by atoms with Crippen LogP contribution in [0, 0.1) is 10.1 Å². The van der Waals surface area contributed by atoms with Gasteiger partial charge in [-0.05, 0) is 52.2 Å². The number of fused-ring (bicyclic) bond motifs is 1. The second-order valence-corrected chi connectivity index (χ2v) is 12.0. The number of aliphatic hydroxyl groups is 1. The molecule has 5 aromatic rings. The molecule has 1 saturated heterocycles. The molecule has 1 aliphatic heterocycles. The van der Waals surface area contributed by atoms with Crippen molar-refractivity contribution < 1.29 is 29.1 Å². The van der Waals surface area contributed by atoms with Gasteiger partial charge in [-0.15, -0.1) is 10.2 Å². The van der Waals surface area contributed by atoms with E-state index in [-0.39, 0.29) is 22.0 Å². The molecule has 0 radical (unpaired) electrons. The fourth-order valence-electron chi connectivity index (χ4n) is 5.18. The van der Waals surface area contributed by atoms with E-state index < -0.39 is 28.4 Å². The molecular formula is C32H24N4O7S2. The van der Waals surface area contributed by atoms with Crippen molar-refractivity contribution in [2.45, 2.75) is 16.1 Å². The van der Waals surface area contributed by atoms with Gasteiger partial charge in [0, 0.05) is 23.4 Å². The summed E-state index contributed by atoms with van der Waals surface area (Å²) < 4.78 is 11.2. The number of Topliss-reactive ketones (excluding diaryl/α,β-unsaturated/α-hetero) is 1. The van der Waals surface area contributed by atoms with E-state index in [9.17, 15) is 24.8 Å². The standard InChI is InChI=1S/C32H24N4O7S2/c1-42-24-15-12-20(16-25(24)43-2)28(37)26-27(19-10-13-22(14-11-19)36(40)41)35(30(39)29(26)38)31-33-34-32(45-31)44-17-21-8-5-7-18-6-3-4-9-23(18)21/h3-16,27,37H,17H2,1-2H3/t27-/m1/s1. The predicted molar refractivity (Wildman–Crippen MR) is 171 cm³/mol. The van der Waals surface area contributed by atoms with E-state index in [2.05, 4.69) is 16.3 Å². The zero-order valence-electron chi connectivity index (χ0n) is 23.9. The average molecular weight is 641 g/mol. The average Bonchev–Trinajstić information content (AvgIpc) is 3.64. The molecule has 226 valence electrons. The second-order valence-electron chi connectivity index (χ2n) is 9.86. The van der Waals surface area contributed by atoms with Gasteiger partial charge < -0.3 is 14.6 Å². The number of benzene rings is 4. The minimum Gasteiger partial charge on any atom is -0.507 e. The van der Waals surface area contributed by atoms with Gasteiger partial charge in [-0.3, -0.25) is 24.6 Å². The van der Waals surface area contributed by atoms with Crippen LogP contribution in [0.15, 0.2) is 94.8 Å². The Morgan fingerprint density at radius 2 is 1.71 bits per heavy atom. The van der Waals surface area contributed by atoms with Gasteiger partial charge in [-0.25, -0.2) is 0 Å². The number of carbonyl (C=O) groups is 2. The number of aliphatic hydroxyl groups excluding tert-OH is 1. The third kappa shape index (κ3) is 5.58. The number of ether oxygens (including phenoxy) is 2. The quantitative estimate of drug-likeness (QED) is 0.0359. The van der Waals surface area contributed by atoms with E-state index in [1.165, 1.54) is 67.3 Å². The fraction of sp³-hybridized carbons (Fsp3) is 0.125. The van der Waals surface area contributed by atoms with Crippen LogP contribution in [-0.2, 0) is 15.3 Å². The van der Waals surface area contributed by atoms with Gasteiger partial charge in [0.1, 0.15) is 5.76 Å². The Hall–Kier alpha value is -5.27. The van der Waals surface area contributed by atoms with E-state index in [1.807, 2.05) is 36.4 Å². The van der Waals surface area contributed by atoms with E-state index >= 15 is 0 Å². The van der Waals surface area contributed by atoms with Crippen LogP contribution >= 0.6 is 23.1 Å². The van der Waals surface area contributed by atoms with Crippen LogP contribution in [-0.4, -0.2) is 46.1 Å². The van der Waals surface area contributed by atoms with Crippen LogP contribution in [0.3, 0.4) is 0 Å². The zero-order chi connectivity index (χ0) is 31.7. The summed E-state index contributed by atoms with van der Waals surface area (Å²) in [5, 5.41) is 33.7. The van der Waals surface area contributed by atoms with Crippen molar-refractivity contribution in [3.8, 4) is 11.5 Å². The van der Waals surface area contributed by atoms with Gasteiger partial charge in [0.05, 0.1) is 30.8 Å². The number of methoxy groups -OCH3 is 2. The topological polar surface area (TPSA) is 145 Å². The first-order chi connectivity index (χ1) is 21.8. The number of nitrogens with zero attached hydrogens (tertiary/aromatic N) is 4. The van der Waals surface area contributed by atoms with Crippen molar-refractivity contribution in [1.82, 2.24) is 10.2 Å². The highest BCUT2D eigenvalue weighted by atomic mass is 32.2. The van der Waals surface area contributed by atoms with Crippen molar-refractivity contribution in [2.75, 3.05) is 19.1 Å². The molecule has 6 rings (SSSR count). The number of carbonyl (C=O) groups excluding carboxylic acids is 2. The summed E-state index contributed by atoms with van der Waals surface area (Å²) in [5.74, 6) is -0.994. The number of hydrogen-bond donors (Lipinski definition) is 1. The number of amides is 1. The number of aromatic nitrogens is 2. The van der Waals surface area contributed by atoms with Crippen molar-refractivity contribution in [3.05, 3.63) is 117 Å². The number of nitro benzene ring substituents is 1. The van der Waals surface area contributed by atoms with Crippen LogP contribution < -0.4 is 14.4 Å². The van der Waals surface area contributed by atoms with E-state index in [1.54, 1.807) is 6.07 Å². The Bertz CT molecular complexity index is 1990. The molecule has 13 heteroatoms. The largest absolute Gasteiger partial charge is 0.507 e. The summed E-state index contributed by atoms with van der Waals surface area (Å²) in [6.07, 6.45) is 0. The Morgan fingerprint density at radius 1 is 0.978 bits per heavy atom. The van der Waals surface area contributed by atoms with Crippen LogP contribution in [0.4, 0.5) is 10.8 Å². The normalized spacial score (nSPS) is 15.9. The SMILES string of the molecule is COc1ccc(C(O)=C2C(=O)C(=O)N(c3nnc(SCc4cccc5ccccc45)s3)[C@@H]2c2ccc([N+](=O)[O-])cc2)cc1OC. The summed E-state index contributed by atoms with van der Waals surface area (Å²) in [6, 6.07) is 23.0. The van der Waals surface area contributed by atoms with Gasteiger partial charge in [0.2, 0.25) is 5.13 Å². The highest BCUT2D eigenvalue weighted by Gasteiger charge is 2.48. The maximum Gasteiger partial charge on any atom is 0.301 e. The van der Waals surface area contributed by atoms with Gasteiger partial charge in [0.25, 0.3) is 11.5 Å². The molecule has 45 heavy (non-hydrogen) atoms. The zero-order valence-corrected chi connectivity index (χ0v) is 25.5. The Kier molecular flexibility index (Phi) is 8.20. The van der Waals surface area contributed by atoms with Gasteiger partial charge >= 0.3 is 5.91 Å². The fourth-order valence-corrected chi connectivity index (χ4v) is 7.05. The van der Waals surface area contributed by atoms with Crippen LogP contribution in [0.2, 0.25) is 0 Å². The summed E-state index contributed by atoms with van der Waals surface area (Å²) in [7, 11) is 2.90. The minimum atomic E-state index is -1.14. The molecule has 0 aliphatic carbocycles. The molecule has 0 bridgehead atoms. The summed E-state index contributed by atoms with van der Waals surface area (Å²) in [4.78, 5) is 39.1. The van der Waals surface area contributed by atoms with Crippen molar-refractivity contribution >= 4 is 62.1 Å². The van der Waals surface area contributed by atoms with E-state index in [0.29, 0.717) is 27.2 Å². The highest BCUT2D eigenvalue weighted by molar-refractivity contribution is 8.00. The molecule has 1 atom stereocenters. The number of non-ortho nitro benzene ring substituents is 1. The maximum atomic E-state index is 13.6. The lowest BCUT2D eigenvalue weighted by molar-refractivity contribution is -0.384. The number of anilines is 1. The molecule has 0 spiro atoms. The lowest BCUT2D eigenvalue weighted by atomic mass is 9.95. The molecule has 1 N–H and O–H groups in total. The van der Waals surface area contributed by atoms with Crippen LogP contribution in [0.5, 0.6) is 11.5 Å². The smallest absolute Gasteiger partial charge is 0.301 e. The van der Waals surface area contributed by atoms with Crippen LogP contribution in [0.1, 0.15) is 22.7 Å². The minimum absolute atomic E-state index is 0.146. The van der Waals surface area contributed by atoms with Crippen molar-refractivity contribution in [1.29, 1.82) is 0 Å². The van der Waals surface area contributed by atoms with Crippen molar-refractivity contribution in [3.63, 3.8) is 0 Å². The number of rotatable bonds is 9. The molecule has 1 fully saturated rings. The Labute approximate surface area is 264 Å². The lowest BCUT2D eigenvalue weighted by Crippen LogP contribution is -2.29. The molecular weight excluding hydrogens is 617 g/mol. The van der Waals surface area contributed by atoms with Gasteiger partial charge in [-0.2, -0.15) is 0 Å². The molecule has 4 aromatic carbocycles. The lowest BCUT2D eigenvalue weighted by Gasteiger charge is -2.22. The Morgan fingerprint density at radius 3 is 2.44 bits per heavy atom. The monoisotopic (exact) mass is 640 g/mol. The molecule has 0 saturated carbocycles. The number of hydrogen-bond acceptors (Lipinski definition) is 11. The van der Waals surface area contributed by atoms with Gasteiger partial charge in [0.15, 0.2) is 15.8 Å². The van der Waals surface area contributed by atoms with Gasteiger partial charge in [-0.1, -0.05) is 65.6 Å². The number of thioether (sulfide) groups is 1. The molecule has 1 amide bonds. The van der Waals surface area contributed by atoms with Crippen LogP contribution in [0.25, 0.3) is 16.5 Å². The summed E-state index contributed by atoms with van der Waals surface area (Å²) >= 11 is 2.58. The summed E-state index contributed by atoms with van der Waals surface area (Å²) in [6.45, 7) is 0. The summed E-state index contributed by atoms with van der Waals surface area (Å²) in [5.41, 5.74) is 1.30.